The molecular formula is C11H7IN2O3. The highest BCUT2D eigenvalue weighted by atomic mass is 127. The van der Waals surface area contributed by atoms with E-state index in [1.807, 2.05) is 24.3 Å². The van der Waals surface area contributed by atoms with Crippen LogP contribution in [-0.4, -0.2) is 11.1 Å². The Morgan fingerprint density at radius 2 is 1.94 bits per heavy atom. The average Bonchev–Trinajstić information content (AvgIpc) is 2.77. The first-order chi connectivity index (χ1) is 8.15. The van der Waals surface area contributed by atoms with Gasteiger partial charge in [0.05, 0.1) is 18.0 Å². The average molecular weight is 342 g/mol. The second-order valence-corrected chi connectivity index (χ2v) is 4.41. The molecular weight excluding hydrogens is 335 g/mol. The van der Waals surface area contributed by atoms with E-state index in [0.29, 0.717) is 5.76 Å². The van der Waals surface area contributed by atoms with Crippen LogP contribution in [0.1, 0.15) is 5.76 Å². The summed E-state index contributed by atoms with van der Waals surface area (Å²) in [5.41, 5.74) is 0.768. The van der Waals surface area contributed by atoms with Crippen LogP contribution in [0.15, 0.2) is 45.8 Å². The molecule has 0 unspecified atom stereocenters. The molecule has 0 saturated heterocycles. The van der Waals surface area contributed by atoms with Crippen molar-refractivity contribution < 1.29 is 9.34 Å². The minimum atomic E-state index is -0.581. The highest BCUT2D eigenvalue weighted by Crippen LogP contribution is 2.17. The van der Waals surface area contributed by atoms with Gasteiger partial charge in [0.15, 0.2) is 5.76 Å². The van der Waals surface area contributed by atoms with Gasteiger partial charge in [-0.25, -0.2) is 0 Å². The number of nitro groups is 1. The molecule has 0 spiro atoms. The Kier molecular flexibility index (Phi) is 3.52. The smallest absolute Gasteiger partial charge is 0.400 e. The first-order valence-corrected chi connectivity index (χ1v) is 5.77. The summed E-state index contributed by atoms with van der Waals surface area (Å²) in [4.78, 5) is 14.0. The van der Waals surface area contributed by atoms with Gasteiger partial charge < -0.3 is 4.42 Å². The first kappa shape index (κ1) is 11.8. The molecule has 0 amide bonds. The van der Waals surface area contributed by atoms with Gasteiger partial charge in [-0.1, -0.05) is 0 Å². The van der Waals surface area contributed by atoms with Gasteiger partial charge in [-0.2, -0.15) is 0 Å². The number of hydrogen-bond donors (Lipinski definition) is 0. The third-order valence-corrected chi connectivity index (χ3v) is 2.68. The predicted octanol–water partition coefficient (Wildman–Crippen LogP) is 3.54. The second-order valence-electron chi connectivity index (χ2n) is 3.17. The minimum Gasteiger partial charge on any atom is -0.400 e. The molecule has 0 aliphatic heterocycles. The molecule has 1 heterocycles. The SMILES string of the molecule is O=[N+]([O-])c1ccc(C=Nc2ccc(I)cc2)o1. The van der Waals surface area contributed by atoms with E-state index in [1.165, 1.54) is 18.3 Å². The summed E-state index contributed by atoms with van der Waals surface area (Å²) in [5, 5.41) is 10.4. The molecule has 0 bridgehead atoms. The van der Waals surface area contributed by atoms with Crippen LogP contribution in [0.2, 0.25) is 0 Å². The third-order valence-electron chi connectivity index (χ3n) is 1.96. The molecule has 0 aliphatic rings. The van der Waals surface area contributed by atoms with Crippen LogP contribution in [0.4, 0.5) is 11.6 Å². The Morgan fingerprint density at radius 3 is 2.53 bits per heavy atom. The Labute approximate surface area is 110 Å². The van der Waals surface area contributed by atoms with Crippen molar-refractivity contribution >= 4 is 40.4 Å². The zero-order valence-electron chi connectivity index (χ0n) is 8.54. The number of aliphatic imine (C=N–C) groups is 1. The van der Waals surface area contributed by atoms with Gasteiger partial charge in [0.25, 0.3) is 0 Å². The molecule has 17 heavy (non-hydrogen) atoms. The van der Waals surface area contributed by atoms with E-state index in [4.69, 9.17) is 4.42 Å². The van der Waals surface area contributed by atoms with Gasteiger partial charge in [-0.05, 0) is 52.9 Å². The van der Waals surface area contributed by atoms with Crippen molar-refractivity contribution in [2.75, 3.05) is 0 Å². The van der Waals surface area contributed by atoms with E-state index >= 15 is 0 Å². The minimum absolute atomic E-state index is 0.283. The van der Waals surface area contributed by atoms with Crippen LogP contribution in [-0.2, 0) is 0 Å². The Morgan fingerprint density at radius 1 is 1.24 bits per heavy atom. The maximum atomic E-state index is 10.4. The number of nitrogens with zero attached hydrogens (tertiary/aromatic N) is 2. The fraction of sp³-hybridized carbons (Fsp3) is 0. The summed E-state index contributed by atoms with van der Waals surface area (Å²) in [5.74, 6) is 0.0734. The summed E-state index contributed by atoms with van der Waals surface area (Å²) in [6.45, 7) is 0. The lowest BCUT2D eigenvalue weighted by Gasteiger charge is -1.92. The van der Waals surface area contributed by atoms with E-state index in [2.05, 4.69) is 27.6 Å². The van der Waals surface area contributed by atoms with Gasteiger partial charge in [-0.15, -0.1) is 0 Å². The summed E-state index contributed by atoms with van der Waals surface area (Å²) in [7, 11) is 0. The molecule has 0 N–H and O–H groups in total. The second kappa shape index (κ2) is 5.09. The van der Waals surface area contributed by atoms with E-state index in [-0.39, 0.29) is 5.88 Å². The topological polar surface area (TPSA) is 68.6 Å². The lowest BCUT2D eigenvalue weighted by Crippen LogP contribution is -1.83. The van der Waals surface area contributed by atoms with Crippen LogP contribution in [0.25, 0.3) is 0 Å². The zero-order chi connectivity index (χ0) is 12.3. The maximum Gasteiger partial charge on any atom is 0.433 e. The molecule has 0 radical (unpaired) electrons. The number of rotatable bonds is 3. The molecule has 5 nitrogen and oxygen atoms in total. The van der Waals surface area contributed by atoms with Crippen molar-refractivity contribution in [2.24, 2.45) is 4.99 Å². The standard InChI is InChI=1S/C11H7IN2O3/c12-8-1-3-9(4-2-8)13-7-10-5-6-11(17-10)14(15)16/h1-7H. The van der Waals surface area contributed by atoms with Crippen LogP contribution in [0.3, 0.4) is 0 Å². The largest absolute Gasteiger partial charge is 0.433 e. The fourth-order valence-corrected chi connectivity index (χ4v) is 1.53. The van der Waals surface area contributed by atoms with Crippen LogP contribution in [0, 0.1) is 13.7 Å². The zero-order valence-corrected chi connectivity index (χ0v) is 10.7. The first-order valence-electron chi connectivity index (χ1n) is 4.69. The van der Waals surface area contributed by atoms with Gasteiger partial charge in [-0.3, -0.25) is 15.1 Å². The van der Waals surface area contributed by atoms with E-state index < -0.39 is 4.92 Å². The van der Waals surface area contributed by atoms with Crippen molar-refractivity contribution in [1.29, 1.82) is 0 Å². The Hall–Kier alpha value is -1.70. The number of hydrogen-bond acceptors (Lipinski definition) is 4. The normalized spacial score (nSPS) is 10.9. The monoisotopic (exact) mass is 342 g/mol. The Bertz CT molecular complexity index is 560. The quantitative estimate of drug-likeness (QED) is 0.371. The van der Waals surface area contributed by atoms with Gasteiger partial charge in [0, 0.05) is 3.57 Å². The molecule has 0 atom stereocenters. The van der Waals surface area contributed by atoms with E-state index in [1.54, 1.807) is 0 Å². The van der Waals surface area contributed by atoms with E-state index in [0.717, 1.165) is 9.26 Å². The number of furan rings is 1. The third kappa shape index (κ3) is 3.13. The van der Waals surface area contributed by atoms with Crippen LogP contribution < -0.4 is 0 Å². The molecule has 0 fully saturated rings. The molecule has 2 rings (SSSR count). The lowest BCUT2D eigenvalue weighted by molar-refractivity contribution is -0.402. The summed E-state index contributed by atoms with van der Waals surface area (Å²) in [6.07, 6.45) is 1.45. The molecule has 0 aliphatic carbocycles. The van der Waals surface area contributed by atoms with Crippen molar-refractivity contribution in [1.82, 2.24) is 0 Å². The van der Waals surface area contributed by atoms with Gasteiger partial charge in [0.2, 0.25) is 0 Å². The van der Waals surface area contributed by atoms with Crippen molar-refractivity contribution in [2.45, 2.75) is 0 Å². The van der Waals surface area contributed by atoms with Crippen LogP contribution in [0.5, 0.6) is 0 Å². The van der Waals surface area contributed by atoms with E-state index in [9.17, 15) is 10.1 Å². The van der Waals surface area contributed by atoms with Crippen molar-refractivity contribution in [3.63, 3.8) is 0 Å². The molecule has 2 aromatic rings. The lowest BCUT2D eigenvalue weighted by atomic mass is 10.3. The summed E-state index contributed by atoms with van der Waals surface area (Å²) >= 11 is 2.20. The van der Waals surface area contributed by atoms with Crippen molar-refractivity contribution in [3.8, 4) is 0 Å². The van der Waals surface area contributed by atoms with Crippen molar-refractivity contribution in [3.05, 3.63) is 55.8 Å². The molecule has 0 saturated carbocycles. The fourth-order valence-electron chi connectivity index (χ4n) is 1.18. The van der Waals surface area contributed by atoms with Gasteiger partial charge in [0.1, 0.15) is 4.92 Å². The number of halogens is 1. The molecule has 1 aromatic carbocycles. The Balaban J connectivity index is 2.14. The van der Waals surface area contributed by atoms with Gasteiger partial charge >= 0.3 is 5.88 Å². The van der Waals surface area contributed by atoms with Crippen LogP contribution >= 0.6 is 22.6 Å². The summed E-state index contributed by atoms with van der Waals surface area (Å²) in [6, 6.07) is 10.4. The summed E-state index contributed by atoms with van der Waals surface area (Å²) < 4.78 is 6.06. The maximum absolute atomic E-state index is 10.4. The molecule has 6 heteroatoms. The molecule has 1 aromatic heterocycles. The molecule has 86 valence electrons. The highest BCUT2D eigenvalue weighted by Gasteiger charge is 2.09. The predicted molar refractivity (Wildman–Crippen MR) is 71.8 cm³/mol. The highest BCUT2D eigenvalue weighted by molar-refractivity contribution is 14.1. The number of benzene rings is 1.